The molecule has 0 fully saturated rings. The molecule has 2 aromatic heterocycles. The van der Waals surface area contributed by atoms with Crippen molar-refractivity contribution in [1.29, 1.82) is 0 Å². The smallest absolute Gasteiger partial charge is 0.305 e. The molecule has 0 saturated carbocycles. The molecule has 2 heterocycles. The Morgan fingerprint density at radius 2 is 0.900 bits per heavy atom. The number of aryl methyl sites for hydroxylation is 2. The van der Waals surface area contributed by atoms with Gasteiger partial charge in [-0.05, 0) is 71.2 Å². The van der Waals surface area contributed by atoms with Crippen molar-refractivity contribution in [3.05, 3.63) is 154 Å². The normalized spacial score (nSPS) is 13.2. The van der Waals surface area contributed by atoms with E-state index in [9.17, 15) is 48.4 Å². The molecule has 0 aliphatic carbocycles. The second kappa shape index (κ2) is 23.2. The minimum atomic E-state index is -1.07. The summed E-state index contributed by atoms with van der Waals surface area (Å²) in [5.41, 5.74) is 2.03. The number of carbonyl (C=O) groups excluding carboxylic acids is 2. The molecular weight excluding hydrogens is 907 g/mol. The summed E-state index contributed by atoms with van der Waals surface area (Å²) in [6, 6.07) is 27.2. The van der Waals surface area contributed by atoms with Crippen LogP contribution in [-0.2, 0) is 9.59 Å². The Balaban J connectivity index is 0.000000261. The summed E-state index contributed by atoms with van der Waals surface area (Å²) in [4.78, 5) is 49.2. The Kier molecular flexibility index (Phi) is 17.8. The van der Waals surface area contributed by atoms with E-state index in [1.165, 1.54) is 48.5 Å². The van der Waals surface area contributed by atoms with Crippen molar-refractivity contribution in [1.82, 2.24) is 30.2 Å². The van der Waals surface area contributed by atoms with E-state index in [2.05, 4.69) is 20.8 Å². The van der Waals surface area contributed by atoms with Crippen LogP contribution < -0.4 is 20.1 Å². The zero-order valence-electron chi connectivity index (χ0n) is 40.3. The highest BCUT2D eigenvalue weighted by atomic mass is 19.1. The Morgan fingerprint density at radius 3 is 1.21 bits per heavy atom. The maximum atomic E-state index is 14.5. The van der Waals surface area contributed by atoms with Crippen molar-refractivity contribution < 1.29 is 57.9 Å². The van der Waals surface area contributed by atoms with Crippen LogP contribution in [0.2, 0.25) is 0 Å². The summed E-state index contributed by atoms with van der Waals surface area (Å²) in [5.74, 6) is -4.46. The number of carboxylic acid groups (broad SMARTS) is 2. The Labute approximate surface area is 404 Å². The number of aliphatic hydroxyl groups excluding tert-OH is 2. The summed E-state index contributed by atoms with van der Waals surface area (Å²) >= 11 is 0. The van der Waals surface area contributed by atoms with Gasteiger partial charge in [0.05, 0.1) is 37.1 Å². The van der Waals surface area contributed by atoms with Crippen LogP contribution in [-0.4, -0.2) is 89.2 Å². The van der Waals surface area contributed by atoms with Crippen molar-refractivity contribution in [3.8, 4) is 23.1 Å². The molecule has 0 radical (unpaired) electrons. The second-order valence-corrected chi connectivity index (χ2v) is 18.8. The SMILES string of the molecule is Cc1ccccc1[C@H](CC(=O)O)NC(=O)c1cc(OC[C@@H](O)C(C)(C)C)n(-c2ccccc2F)n1.Cc1ccccc1[C@H](CC(=O)O)NC(=O)c1cc(OC[C@H](O)C(C)(C)C)n(-c2ccccc2F)n1. The number of hydrogen-bond donors (Lipinski definition) is 6. The van der Waals surface area contributed by atoms with Crippen molar-refractivity contribution in [2.24, 2.45) is 10.8 Å². The van der Waals surface area contributed by atoms with Gasteiger partial charge in [0.2, 0.25) is 11.8 Å². The van der Waals surface area contributed by atoms with Gasteiger partial charge in [0.1, 0.15) is 36.2 Å². The number of carboxylic acids is 2. The lowest BCUT2D eigenvalue weighted by atomic mass is 9.90. The van der Waals surface area contributed by atoms with E-state index in [4.69, 9.17) is 9.47 Å². The van der Waals surface area contributed by atoms with Crippen LogP contribution in [0.15, 0.2) is 109 Å². The molecule has 0 bridgehead atoms. The first-order valence-corrected chi connectivity index (χ1v) is 22.4. The summed E-state index contributed by atoms with van der Waals surface area (Å²) in [5, 5.41) is 53.4. The maximum absolute atomic E-state index is 14.5. The first-order chi connectivity index (χ1) is 32.9. The van der Waals surface area contributed by atoms with Gasteiger partial charge in [-0.3, -0.25) is 19.2 Å². The third kappa shape index (κ3) is 14.3. The third-order valence-corrected chi connectivity index (χ3v) is 11.3. The number of hydrogen-bond acceptors (Lipinski definition) is 10. The molecule has 0 aliphatic rings. The van der Waals surface area contributed by atoms with Crippen LogP contribution in [0, 0.1) is 36.3 Å². The van der Waals surface area contributed by atoms with Crippen molar-refractivity contribution in [2.45, 2.75) is 92.5 Å². The Hall–Kier alpha value is -7.44. The zero-order chi connectivity index (χ0) is 51.5. The van der Waals surface area contributed by atoms with E-state index in [0.717, 1.165) is 20.5 Å². The van der Waals surface area contributed by atoms with Crippen molar-refractivity contribution >= 4 is 23.8 Å². The number of aliphatic hydroxyl groups is 2. The molecule has 70 heavy (non-hydrogen) atoms. The highest BCUT2D eigenvalue weighted by Crippen LogP contribution is 2.29. The topological polar surface area (TPSA) is 227 Å². The maximum Gasteiger partial charge on any atom is 0.305 e. The molecule has 16 nitrogen and oxygen atoms in total. The summed E-state index contributed by atoms with van der Waals surface area (Å²) in [7, 11) is 0. The van der Waals surface area contributed by atoms with E-state index < -0.39 is 70.5 Å². The van der Waals surface area contributed by atoms with Crippen LogP contribution in [0.1, 0.15) is 110 Å². The molecule has 18 heteroatoms. The van der Waals surface area contributed by atoms with Gasteiger partial charge in [-0.25, -0.2) is 8.78 Å². The minimum absolute atomic E-state index is 0.0628. The number of rotatable bonds is 18. The fourth-order valence-corrected chi connectivity index (χ4v) is 6.82. The molecule has 0 aliphatic heterocycles. The number of benzene rings is 4. The van der Waals surface area contributed by atoms with Crippen LogP contribution in [0.25, 0.3) is 11.4 Å². The number of ether oxygens (including phenoxy) is 2. The van der Waals surface area contributed by atoms with E-state index >= 15 is 0 Å². The van der Waals surface area contributed by atoms with E-state index in [1.807, 2.05) is 79.7 Å². The predicted molar refractivity (Wildman–Crippen MR) is 256 cm³/mol. The lowest BCUT2D eigenvalue weighted by Crippen LogP contribution is -2.32. The highest BCUT2D eigenvalue weighted by Gasteiger charge is 2.29. The molecule has 0 unspecified atom stereocenters. The van der Waals surface area contributed by atoms with Crippen molar-refractivity contribution in [3.63, 3.8) is 0 Å². The summed E-state index contributed by atoms with van der Waals surface area (Å²) < 4.78 is 42.9. The second-order valence-electron chi connectivity index (χ2n) is 18.8. The van der Waals surface area contributed by atoms with E-state index in [1.54, 1.807) is 36.4 Å². The molecule has 2 amide bonds. The van der Waals surface area contributed by atoms with Gasteiger partial charge >= 0.3 is 11.9 Å². The molecular formula is C52H60F2N6O10. The number of carbonyl (C=O) groups is 4. The molecule has 4 atom stereocenters. The number of para-hydroxylation sites is 2. The highest BCUT2D eigenvalue weighted by molar-refractivity contribution is 5.94. The number of halogens is 2. The van der Waals surface area contributed by atoms with Gasteiger partial charge < -0.3 is 40.5 Å². The molecule has 0 spiro atoms. The molecule has 6 aromatic rings. The average molecular weight is 967 g/mol. The monoisotopic (exact) mass is 966 g/mol. The molecule has 0 saturated heterocycles. The van der Waals surface area contributed by atoms with Gasteiger partial charge in [0, 0.05) is 12.1 Å². The predicted octanol–water partition coefficient (Wildman–Crippen LogP) is 8.10. The number of aromatic nitrogens is 4. The summed E-state index contributed by atoms with van der Waals surface area (Å²) in [6.45, 7) is 14.6. The van der Waals surface area contributed by atoms with Crippen LogP contribution in [0.4, 0.5) is 8.78 Å². The fraction of sp³-hybridized carbons (Fsp3) is 0.346. The lowest BCUT2D eigenvalue weighted by Gasteiger charge is -2.25. The first kappa shape index (κ1) is 53.5. The van der Waals surface area contributed by atoms with Crippen LogP contribution in [0.3, 0.4) is 0 Å². The fourth-order valence-electron chi connectivity index (χ4n) is 6.82. The largest absolute Gasteiger partial charge is 0.481 e. The lowest BCUT2D eigenvalue weighted by molar-refractivity contribution is -0.138. The molecule has 6 rings (SSSR count). The van der Waals surface area contributed by atoms with Gasteiger partial charge in [0.25, 0.3) is 11.8 Å². The van der Waals surface area contributed by atoms with Crippen LogP contribution >= 0.6 is 0 Å². The minimum Gasteiger partial charge on any atom is -0.481 e. The zero-order valence-corrected chi connectivity index (χ0v) is 40.3. The van der Waals surface area contributed by atoms with Crippen LogP contribution in [0.5, 0.6) is 11.8 Å². The average Bonchev–Trinajstić information content (AvgIpc) is 3.92. The molecule has 372 valence electrons. The Morgan fingerprint density at radius 1 is 0.571 bits per heavy atom. The van der Waals surface area contributed by atoms with Crippen molar-refractivity contribution in [2.75, 3.05) is 13.2 Å². The summed E-state index contributed by atoms with van der Waals surface area (Å²) in [6.07, 6.45) is -2.31. The quantitative estimate of drug-likeness (QED) is 0.0480. The van der Waals surface area contributed by atoms with E-state index in [-0.39, 0.29) is 60.6 Å². The van der Waals surface area contributed by atoms with Gasteiger partial charge in [-0.1, -0.05) is 114 Å². The van der Waals surface area contributed by atoms with Gasteiger partial charge in [-0.2, -0.15) is 19.6 Å². The standard InChI is InChI=1S/2C26H30FN3O5/c2*1-16-9-5-6-10-17(16)19(14-24(32)33)28-25(34)20-13-23(35-15-22(31)26(2,3)4)30(29-20)21-12-8-7-11-18(21)27/h2*5-13,19,22,31H,14-15H2,1-4H3,(H,28,34)(H,32,33)/t19-,22+;19-,22-/m00/s1. The van der Waals surface area contributed by atoms with Gasteiger partial charge in [0.15, 0.2) is 11.4 Å². The molecule has 6 N–H and O–H groups in total. The number of nitrogens with zero attached hydrogens (tertiary/aromatic N) is 4. The first-order valence-electron chi connectivity index (χ1n) is 22.4. The van der Waals surface area contributed by atoms with E-state index in [0.29, 0.717) is 11.1 Å². The third-order valence-electron chi connectivity index (χ3n) is 11.3. The number of nitrogens with one attached hydrogen (secondary N) is 2. The number of amides is 2. The number of aliphatic carboxylic acids is 2. The molecule has 4 aromatic carbocycles. The Bertz CT molecular complexity index is 2590. The van der Waals surface area contributed by atoms with Gasteiger partial charge in [-0.15, -0.1) is 0 Å².